The van der Waals surface area contributed by atoms with Crippen LogP contribution in [0.5, 0.6) is 0 Å². The molecule has 98 valence electrons. The second-order valence-corrected chi connectivity index (χ2v) is 5.22. The van der Waals surface area contributed by atoms with Crippen LogP contribution >= 0.6 is 23.2 Å². The van der Waals surface area contributed by atoms with Gasteiger partial charge < -0.3 is 5.32 Å². The Morgan fingerprint density at radius 3 is 2.72 bits per heavy atom. The summed E-state index contributed by atoms with van der Waals surface area (Å²) in [4.78, 5) is 13.8. The van der Waals surface area contributed by atoms with E-state index in [4.69, 9.17) is 23.2 Å². The Morgan fingerprint density at radius 1 is 1.39 bits per heavy atom. The van der Waals surface area contributed by atoms with Gasteiger partial charge in [0.05, 0.1) is 16.1 Å². The highest BCUT2D eigenvalue weighted by Crippen LogP contribution is 2.24. The molecule has 1 aromatic rings. The average molecular weight is 287 g/mol. The van der Waals surface area contributed by atoms with Gasteiger partial charge in [-0.1, -0.05) is 36.2 Å². The highest BCUT2D eigenvalue weighted by Gasteiger charge is 2.29. The zero-order chi connectivity index (χ0) is 13.1. The minimum atomic E-state index is -0.0237. The van der Waals surface area contributed by atoms with Gasteiger partial charge in [-0.3, -0.25) is 9.69 Å². The molecule has 3 nitrogen and oxygen atoms in total. The van der Waals surface area contributed by atoms with Crippen molar-refractivity contribution in [3.05, 3.63) is 33.8 Å². The summed E-state index contributed by atoms with van der Waals surface area (Å²) in [6.07, 6.45) is 0.869. The third kappa shape index (κ3) is 2.97. The van der Waals surface area contributed by atoms with E-state index >= 15 is 0 Å². The topological polar surface area (TPSA) is 32.3 Å². The maximum Gasteiger partial charge on any atom is 0.237 e. The van der Waals surface area contributed by atoms with Crippen LogP contribution < -0.4 is 5.32 Å². The lowest BCUT2D eigenvalue weighted by Gasteiger charge is -2.25. The number of carbonyl (C=O) groups is 1. The van der Waals surface area contributed by atoms with E-state index in [9.17, 15) is 4.79 Å². The summed E-state index contributed by atoms with van der Waals surface area (Å²) in [6.45, 7) is 4.37. The fourth-order valence-corrected chi connectivity index (χ4v) is 2.56. The van der Waals surface area contributed by atoms with Gasteiger partial charge in [-0.2, -0.15) is 0 Å². The quantitative estimate of drug-likeness (QED) is 0.923. The number of halogens is 2. The smallest absolute Gasteiger partial charge is 0.237 e. The Kier molecular flexibility index (Phi) is 4.49. The SMILES string of the molecule is CCN(Cc1ccc(Cl)c(Cl)c1)C1CCNC1=O. The van der Waals surface area contributed by atoms with E-state index in [0.29, 0.717) is 16.6 Å². The second kappa shape index (κ2) is 5.91. The number of hydrogen-bond acceptors (Lipinski definition) is 2. The number of carbonyl (C=O) groups excluding carboxylic acids is 1. The Hall–Kier alpha value is -0.770. The number of benzene rings is 1. The van der Waals surface area contributed by atoms with Crippen LogP contribution in [0.1, 0.15) is 18.9 Å². The van der Waals surface area contributed by atoms with E-state index in [1.54, 1.807) is 6.07 Å². The Balaban J connectivity index is 2.10. The van der Waals surface area contributed by atoms with Crippen LogP contribution in [0.15, 0.2) is 18.2 Å². The molecule has 18 heavy (non-hydrogen) atoms. The average Bonchev–Trinajstić information content (AvgIpc) is 2.77. The highest BCUT2D eigenvalue weighted by molar-refractivity contribution is 6.42. The van der Waals surface area contributed by atoms with Gasteiger partial charge in [0, 0.05) is 13.1 Å². The fraction of sp³-hybridized carbons (Fsp3) is 0.462. The fourth-order valence-electron chi connectivity index (χ4n) is 2.24. The molecule has 0 aliphatic carbocycles. The van der Waals surface area contributed by atoms with Gasteiger partial charge in [0.25, 0.3) is 0 Å². The molecule has 5 heteroatoms. The summed E-state index contributed by atoms with van der Waals surface area (Å²) < 4.78 is 0. The number of hydrogen-bond donors (Lipinski definition) is 1. The van der Waals surface area contributed by atoms with E-state index in [-0.39, 0.29) is 11.9 Å². The van der Waals surface area contributed by atoms with E-state index < -0.39 is 0 Å². The molecule has 0 aromatic heterocycles. The first-order valence-corrected chi connectivity index (χ1v) is 6.83. The summed E-state index contributed by atoms with van der Waals surface area (Å²) in [5, 5.41) is 3.98. The van der Waals surface area contributed by atoms with Crippen molar-refractivity contribution in [2.45, 2.75) is 25.9 Å². The molecule has 1 atom stereocenters. The van der Waals surface area contributed by atoms with Crippen LogP contribution in [0, 0.1) is 0 Å². The number of nitrogens with one attached hydrogen (secondary N) is 1. The molecule has 0 saturated carbocycles. The van der Waals surface area contributed by atoms with Gasteiger partial charge >= 0.3 is 0 Å². The summed E-state index contributed by atoms with van der Waals surface area (Å²) >= 11 is 11.9. The van der Waals surface area contributed by atoms with Crippen LogP contribution in [0.25, 0.3) is 0 Å². The maximum atomic E-state index is 11.7. The number of rotatable bonds is 4. The van der Waals surface area contributed by atoms with E-state index in [1.165, 1.54) is 0 Å². The third-order valence-corrected chi connectivity index (χ3v) is 3.98. The standard InChI is InChI=1S/C13H16Cl2N2O/c1-2-17(12-5-6-16-13(12)18)8-9-3-4-10(14)11(15)7-9/h3-4,7,12H,2,5-6,8H2,1H3,(H,16,18). The molecule has 1 heterocycles. The Labute approximate surface area is 117 Å². The van der Waals surface area contributed by atoms with Gasteiger partial charge in [-0.15, -0.1) is 0 Å². The van der Waals surface area contributed by atoms with Crippen molar-refractivity contribution in [2.75, 3.05) is 13.1 Å². The van der Waals surface area contributed by atoms with Crippen LogP contribution in [-0.2, 0) is 11.3 Å². The zero-order valence-corrected chi connectivity index (χ0v) is 11.8. The first-order chi connectivity index (χ1) is 8.61. The number of likely N-dealkylation sites (N-methyl/N-ethyl adjacent to an activating group) is 1. The van der Waals surface area contributed by atoms with Gasteiger partial charge in [0.1, 0.15) is 0 Å². The number of nitrogens with zero attached hydrogens (tertiary/aromatic N) is 1. The molecule has 1 fully saturated rings. The molecule has 0 radical (unpaired) electrons. The lowest BCUT2D eigenvalue weighted by molar-refractivity contribution is -0.123. The summed E-state index contributed by atoms with van der Waals surface area (Å²) in [6, 6.07) is 5.58. The molecule has 1 unspecified atom stereocenters. The molecule has 1 amide bonds. The molecular weight excluding hydrogens is 271 g/mol. The lowest BCUT2D eigenvalue weighted by Crippen LogP contribution is -2.40. The first-order valence-electron chi connectivity index (χ1n) is 6.07. The molecule has 1 aliphatic rings. The molecule has 0 bridgehead atoms. The van der Waals surface area contributed by atoms with Crippen molar-refractivity contribution in [1.29, 1.82) is 0 Å². The second-order valence-electron chi connectivity index (χ2n) is 4.41. The number of amides is 1. The molecule has 1 saturated heterocycles. The van der Waals surface area contributed by atoms with Crippen molar-refractivity contribution in [3.8, 4) is 0 Å². The van der Waals surface area contributed by atoms with Gasteiger partial charge in [0.2, 0.25) is 5.91 Å². The summed E-state index contributed by atoms with van der Waals surface area (Å²) in [7, 11) is 0. The molecule has 2 rings (SSSR count). The summed E-state index contributed by atoms with van der Waals surface area (Å²) in [5.41, 5.74) is 1.07. The van der Waals surface area contributed by atoms with Crippen molar-refractivity contribution < 1.29 is 4.79 Å². The van der Waals surface area contributed by atoms with Crippen molar-refractivity contribution in [3.63, 3.8) is 0 Å². The Morgan fingerprint density at radius 2 is 2.17 bits per heavy atom. The molecular formula is C13H16Cl2N2O. The molecule has 1 N–H and O–H groups in total. The molecule has 0 spiro atoms. The summed E-state index contributed by atoms with van der Waals surface area (Å²) in [5.74, 6) is 0.122. The normalized spacial score (nSPS) is 19.3. The minimum Gasteiger partial charge on any atom is -0.355 e. The van der Waals surface area contributed by atoms with Crippen LogP contribution in [-0.4, -0.2) is 29.9 Å². The largest absolute Gasteiger partial charge is 0.355 e. The highest BCUT2D eigenvalue weighted by atomic mass is 35.5. The molecule has 1 aliphatic heterocycles. The predicted octanol–water partition coefficient (Wildman–Crippen LogP) is 2.70. The lowest BCUT2D eigenvalue weighted by atomic mass is 10.1. The van der Waals surface area contributed by atoms with E-state index in [1.807, 2.05) is 12.1 Å². The van der Waals surface area contributed by atoms with E-state index in [0.717, 1.165) is 25.1 Å². The van der Waals surface area contributed by atoms with Crippen LogP contribution in [0.2, 0.25) is 10.0 Å². The molecule has 1 aromatic carbocycles. The van der Waals surface area contributed by atoms with Gasteiger partial charge in [0.15, 0.2) is 0 Å². The third-order valence-electron chi connectivity index (χ3n) is 3.24. The Bertz CT molecular complexity index is 451. The van der Waals surface area contributed by atoms with E-state index in [2.05, 4.69) is 17.1 Å². The van der Waals surface area contributed by atoms with Crippen LogP contribution in [0.4, 0.5) is 0 Å². The van der Waals surface area contributed by atoms with Crippen molar-refractivity contribution >= 4 is 29.1 Å². The van der Waals surface area contributed by atoms with Gasteiger partial charge in [-0.05, 0) is 30.7 Å². The monoisotopic (exact) mass is 286 g/mol. The van der Waals surface area contributed by atoms with Crippen LogP contribution in [0.3, 0.4) is 0 Å². The predicted molar refractivity (Wildman–Crippen MR) is 74.0 cm³/mol. The van der Waals surface area contributed by atoms with Crippen molar-refractivity contribution in [1.82, 2.24) is 10.2 Å². The minimum absolute atomic E-state index is 0.0237. The zero-order valence-electron chi connectivity index (χ0n) is 10.2. The van der Waals surface area contributed by atoms with Gasteiger partial charge in [-0.25, -0.2) is 0 Å². The first kappa shape index (κ1) is 13.7. The van der Waals surface area contributed by atoms with Crippen molar-refractivity contribution in [2.24, 2.45) is 0 Å². The maximum absolute atomic E-state index is 11.7.